The minimum atomic E-state index is -4.73. The van der Waals surface area contributed by atoms with Crippen LogP contribution < -0.4 is 11.1 Å². The molecule has 5 aromatic rings. The van der Waals surface area contributed by atoms with E-state index in [-0.39, 0.29) is 22.9 Å². The molecule has 0 radical (unpaired) electrons. The van der Waals surface area contributed by atoms with Gasteiger partial charge >= 0.3 is 6.18 Å². The molecule has 2 aromatic heterocycles. The Balaban J connectivity index is 1.53. The lowest BCUT2D eigenvalue weighted by atomic mass is 9.94. The molecule has 0 unspecified atom stereocenters. The second-order valence-corrected chi connectivity index (χ2v) is 9.47. The van der Waals surface area contributed by atoms with Crippen molar-refractivity contribution >= 4 is 22.7 Å². The molecule has 3 aromatic carbocycles. The highest BCUT2D eigenvalue weighted by Gasteiger charge is 2.37. The third-order valence-electron chi connectivity index (χ3n) is 6.60. The van der Waals surface area contributed by atoms with Gasteiger partial charge in [0.05, 0.1) is 22.8 Å². The Labute approximate surface area is 235 Å². The number of aromatic nitrogens is 3. The van der Waals surface area contributed by atoms with Crippen molar-refractivity contribution in [1.29, 1.82) is 0 Å². The highest BCUT2D eigenvalue weighted by molar-refractivity contribution is 5.94. The number of alkyl halides is 3. The van der Waals surface area contributed by atoms with Crippen LogP contribution in [0.3, 0.4) is 0 Å². The van der Waals surface area contributed by atoms with Crippen LogP contribution in [0.5, 0.6) is 0 Å². The fourth-order valence-corrected chi connectivity index (χ4v) is 4.77. The largest absolute Gasteiger partial charge is 0.435 e. The Morgan fingerprint density at radius 1 is 0.952 bits per heavy atom. The number of hydrogen-bond acceptors (Lipinski definition) is 4. The van der Waals surface area contributed by atoms with Crippen LogP contribution in [0.15, 0.2) is 85.1 Å². The zero-order valence-electron chi connectivity index (χ0n) is 21.7. The second-order valence-electron chi connectivity index (χ2n) is 9.47. The van der Waals surface area contributed by atoms with Gasteiger partial charge < -0.3 is 11.1 Å². The highest BCUT2D eigenvalue weighted by atomic mass is 19.4. The number of nitrogens with two attached hydrogens (primary N) is 1. The van der Waals surface area contributed by atoms with Gasteiger partial charge in [-0.25, -0.2) is 8.78 Å². The van der Waals surface area contributed by atoms with E-state index in [1.165, 1.54) is 60.8 Å². The highest BCUT2D eigenvalue weighted by Crippen LogP contribution is 2.34. The molecule has 7 nitrogen and oxygen atoms in total. The summed E-state index contributed by atoms with van der Waals surface area (Å²) < 4.78 is 70.0. The van der Waals surface area contributed by atoms with Crippen molar-refractivity contribution in [2.45, 2.75) is 25.2 Å². The number of nitrogens with one attached hydrogen (secondary N) is 1. The quantitative estimate of drug-likeness (QED) is 0.234. The summed E-state index contributed by atoms with van der Waals surface area (Å²) in [5, 5.41) is 6.30. The maximum atomic E-state index is 14.2. The summed E-state index contributed by atoms with van der Waals surface area (Å²) in [6, 6.07) is 17.4. The van der Waals surface area contributed by atoms with Crippen LogP contribution in [0.25, 0.3) is 22.0 Å². The first kappa shape index (κ1) is 28.4. The standard InChI is InChI=1S/C30H22F5N5O2/c31-19-6-3-5-17(13-19)14-24(27-20(8-4-12-37-27)18-10-11-23(32)22(15-18)29(36)42)38-26(41)16-40-25-9-2-1-7-21(25)28(39-40)30(33,34)35/h1-13,15,24H,14,16H2,(H2,36,42)(H,38,41)/t24-/m0/s1. The predicted molar refractivity (Wildman–Crippen MR) is 144 cm³/mol. The molecule has 2 heterocycles. The van der Waals surface area contributed by atoms with Gasteiger partial charge in [0.1, 0.15) is 18.2 Å². The number of primary amides is 1. The van der Waals surface area contributed by atoms with E-state index in [9.17, 15) is 31.5 Å². The zero-order valence-corrected chi connectivity index (χ0v) is 21.7. The number of carbonyl (C=O) groups excluding carboxylic acids is 2. The third kappa shape index (κ3) is 5.97. The SMILES string of the molecule is NC(=O)c1cc(-c2cccnc2[C@H](Cc2cccc(F)c2)NC(=O)Cn2nc(C(F)(F)F)c3ccccc32)ccc1F. The summed E-state index contributed by atoms with van der Waals surface area (Å²) in [5.74, 6) is -2.99. The zero-order chi connectivity index (χ0) is 30.0. The van der Waals surface area contributed by atoms with Gasteiger partial charge in [0.15, 0.2) is 5.69 Å². The number of amides is 2. The number of halogens is 5. The van der Waals surface area contributed by atoms with Crippen molar-refractivity contribution in [3.05, 3.63) is 119 Å². The molecule has 42 heavy (non-hydrogen) atoms. The third-order valence-corrected chi connectivity index (χ3v) is 6.60. The van der Waals surface area contributed by atoms with E-state index in [1.54, 1.807) is 18.2 Å². The molecule has 3 N–H and O–H groups in total. The van der Waals surface area contributed by atoms with Gasteiger partial charge in [-0.15, -0.1) is 0 Å². The molecule has 0 spiro atoms. The van der Waals surface area contributed by atoms with Crippen LogP contribution in [0, 0.1) is 11.6 Å². The van der Waals surface area contributed by atoms with Gasteiger partial charge in [-0.3, -0.25) is 19.3 Å². The molecular formula is C30H22F5N5O2. The van der Waals surface area contributed by atoms with E-state index >= 15 is 0 Å². The fraction of sp³-hybridized carbons (Fsp3) is 0.133. The molecule has 0 saturated carbocycles. The predicted octanol–water partition coefficient (Wildman–Crippen LogP) is 5.59. The number of pyridine rings is 1. The Bertz CT molecular complexity index is 1800. The van der Waals surface area contributed by atoms with Crippen LogP contribution in [-0.2, 0) is 23.9 Å². The van der Waals surface area contributed by atoms with E-state index < -0.39 is 47.9 Å². The number of hydrogen-bond donors (Lipinski definition) is 2. The first-order valence-electron chi connectivity index (χ1n) is 12.6. The molecule has 12 heteroatoms. The lowest BCUT2D eigenvalue weighted by molar-refractivity contribution is -0.140. The van der Waals surface area contributed by atoms with Crippen LogP contribution >= 0.6 is 0 Å². The Morgan fingerprint density at radius 3 is 2.48 bits per heavy atom. The monoisotopic (exact) mass is 579 g/mol. The van der Waals surface area contributed by atoms with Gasteiger partial charge in [0.2, 0.25) is 5.91 Å². The molecule has 0 aliphatic carbocycles. The number of nitrogens with zero attached hydrogens (tertiary/aromatic N) is 3. The van der Waals surface area contributed by atoms with E-state index in [4.69, 9.17) is 5.73 Å². The number of rotatable bonds is 8. The van der Waals surface area contributed by atoms with Crippen LogP contribution in [0.2, 0.25) is 0 Å². The Kier molecular flexibility index (Phi) is 7.70. The first-order valence-corrected chi connectivity index (χ1v) is 12.6. The number of benzene rings is 3. The summed E-state index contributed by atoms with van der Waals surface area (Å²) in [4.78, 5) is 29.5. The fourth-order valence-electron chi connectivity index (χ4n) is 4.77. The van der Waals surface area contributed by atoms with Crippen molar-refractivity contribution in [2.24, 2.45) is 5.73 Å². The molecule has 2 amide bonds. The van der Waals surface area contributed by atoms with Gasteiger partial charge in [0.25, 0.3) is 5.91 Å². The summed E-state index contributed by atoms with van der Waals surface area (Å²) in [5.41, 5.74) is 5.56. The first-order chi connectivity index (χ1) is 20.0. The molecule has 0 saturated heterocycles. The van der Waals surface area contributed by atoms with Crippen LogP contribution in [0.4, 0.5) is 22.0 Å². The lowest BCUT2D eigenvalue weighted by Gasteiger charge is -2.22. The molecule has 1 atom stereocenters. The second kappa shape index (κ2) is 11.4. The van der Waals surface area contributed by atoms with E-state index in [2.05, 4.69) is 15.4 Å². The normalized spacial score (nSPS) is 12.3. The van der Waals surface area contributed by atoms with Crippen molar-refractivity contribution in [2.75, 3.05) is 0 Å². The molecule has 0 fully saturated rings. The maximum Gasteiger partial charge on any atom is 0.435 e. The smallest absolute Gasteiger partial charge is 0.366 e. The summed E-state index contributed by atoms with van der Waals surface area (Å²) in [6.45, 7) is -0.555. The van der Waals surface area contributed by atoms with Crippen molar-refractivity contribution in [3.8, 4) is 11.1 Å². The molecule has 5 rings (SSSR count). The van der Waals surface area contributed by atoms with Crippen LogP contribution in [0.1, 0.15) is 33.4 Å². The Morgan fingerprint density at radius 2 is 1.74 bits per heavy atom. The van der Waals surface area contributed by atoms with E-state index in [1.807, 2.05) is 0 Å². The molecule has 214 valence electrons. The van der Waals surface area contributed by atoms with Gasteiger partial charge in [-0.2, -0.15) is 18.3 Å². The van der Waals surface area contributed by atoms with Crippen molar-refractivity contribution in [3.63, 3.8) is 0 Å². The van der Waals surface area contributed by atoms with Gasteiger partial charge in [0, 0.05) is 17.1 Å². The molecule has 0 bridgehead atoms. The summed E-state index contributed by atoms with van der Waals surface area (Å²) in [7, 11) is 0. The summed E-state index contributed by atoms with van der Waals surface area (Å²) >= 11 is 0. The lowest BCUT2D eigenvalue weighted by Crippen LogP contribution is -2.34. The van der Waals surface area contributed by atoms with E-state index in [0.717, 1.165) is 10.7 Å². The van der Waals surface area contributed by atoms with Gasteiger partial charge in [-0.05, 0) is 53.9 Å². The minimum absolute atomic E-state index is 0.0467. The van der Waals surface area contributed by atoms with E-state index in [0.29, 0.717) is 22.4 Å². The average molecular weight is 580 g/mol. The number of fused-ring (bicyclic) bond motifs is 1. The average Bonchev–Trinajstić information content (AvgIpc) is 3.32. The van der Waals surface area contributed by atoms with Gasteiger partial charge in [-0.1, -0.05) is 42.5 Å². The number of para-hydroxylation sites is 1. The minimum Gasteiger partial charge on any atom is -0.366 e. The summed E-state index contributed by atoms with van der Waals surface area (Å²) in [6.07, 6.45) is -3.23. The number of carbonyl (C=O) groups is 2. The molecular weight excluding hydrogens is 557 g/mol. The van der Waals surface area contributed by atoms with Crippen molar-refractivity contribution < 1.29 is 31.5 Å². The topological polar surface area (TPSA) is 103 Å². The maximum absolute atomic E-state index is 14.2. The Hall–Kier alpha value is -5.13. The molecule has 0 aliphatic rings. The molecule has 0 aliphatic heterocycles. The van der Waals surface area contributed by atoms with Crippen LogP contribution in [-0.4, -0.2) is 26.6 Å². The van der Waals surface area contributed by atoms with Crippen molar-refractivity contribution in [1.82, 2.24) is 20.1 Å².